The molecule has 2 amide bonds. The lowest BCUT2D eigenvalue weighted by Crippen LogP contribution is -2.35. The minimum atomic E-state index is -0.790. The number of nitrogens with one attached hydrogen (secondary N) is 1. The third-order valence-corrected chi connectivity index (χ3v) is 8.00. The minimum Gasteiger partial charge on any atom is -0.453 e. The van der Waals surface area contributed by atoms with E-state index in [1.165, 1.54) is 29.8 Å². The number of nitro benzene ring substituents is 2. The zero-order chi connectivity index (χ0) is 26.3. The highest BCUT2D eigenvalue weighted by Gasteiger charge is 2.30. The van der Waals surface area contributed by atoms with Crippen LogP contribution in [0.2, 0.25) is 0 Å². The highest BCUT2D eigenvalue weighted by atomic mass is 32.1. The summed E-state index contributed by atoms with van der Waals surface area (Å²) in [5, 5.41) is 26.5. The van der Waals surface area contributed by atoms with Crippen molar-refractivity contribution in [2.24, 2.45) is 0 Å². The predicted octanol–water partition coefficient (Wildman–Crippen LogP) is 5.22. The Bertz CT molecular complexity index is 1530. The number of carbonyl (C=O) groups is 2. The van der Waals surface area contributed by atoms with Gasteiger partial charge in [0.05, 0.1) is 45.3 Å². The van der Waals surface area contributed by atoms with Gasteiger partial charge < -0.3 is 15.0 Å². The first-order valence-electron chi connectivity index (χ1n) is 10.8. The van der Waals surface area contributed by atoms with Crippen molar-refractivity contribution in [2.75, 3.05) is 19.0 Å². The molecule has 0 saturated heterocycles. The van der Waals surface area contributed by atoms with Gasteiger partial charge in [0.1, 0.15) is 10.0 Å². The number of methoxy groups -OCH3 is 1. The van der Waals surface area contributed by atoms with Crippen LogP contribution >= 0.6 is 22.7 Å². The molecule has 0 saturated carbocycles. The number of amides is 2. The van der Waals surface area contributed by atoms with Gasteiger partial charge in [-0.25, -0.2) is 9.78 Å². The fraction of sp³-hybridized carbons (Fsp3) is 0.174. The lowest BCUT2D eigenvalue weighted by atomic mass is 10.0. The zero-order valence-corrected chi connectivity index (χ0v) is 20.8. The standard InChI is InChI=1S/C23H17N5O7S2/c1-35-23(30)26-7-6-15-18(11-26)37-22(19(15)21-24-16-4-2-3-5-17(16)36-21)25-20(29)12-8-13(27(31)32)10-14(9-12)28(33)34/h2-5,8-10H,6-7,11H2,1H3,(H,25,29). The number of fused-ring (bicyclic) bond motifs is 2. The molecule has 1 aliphatic heterocycles. The summed E-state index contributed by atoms with van der Waals surface area (Å²) < 4.78 is 5.81. The first-order chi connectivity index (χ1) is 17.7. The van der Waals surface area contributed by atoms with Gasteiger partial charge in [0.2, 0.25) is 0 Å². The number of rotatable bonds is 5. The van der Waals surface area contributed by atoms with E-state index in [-0.39, 0.29) is 12.1 Å². The Balaban J connectivity index is 1.58. The third kappa shape index (κ3) is 4.59. The van der Waals surface area contributed by atoms with Gasteiger partial charge in [0.25, 0.3) is 17.3 Å². The smallest absolute Gasteiger partial charge is 0.409 e. The van der Waals surface area contributed by atoms with E-state index in [0.717, 1.165) is 38.9 Å². The number of hydrogen-bond donors (Lipinski definition) is 1. The summed E-state index contributed by atoms with van der Waals surface area (Å²) in [6, 6.07) is 10.4. The molecule has 1 aliphatic rings. The Morgan fingerprint density at radius 1 is 1.08 bits per heavy atom. The Morgan fingerprint density at radius 2 is 1.78 bits per heavy atom. The van der Waals surface area contributed by atoms with Crippen LogP contribution in [0.4, 0.5) is 21.2 Å². The second kappa shape index (κ2) is 9.55. The summed E-state index contributed by atoms with van der Waals surface area (Å²) >= 11 is 2.71. The third-order valence-electron chi connectivity index (χ3n) is 5.81. The molecular weight excluding hydrogens is 522 g/mol. The van der Waals surface area contributed by atoms with Gasteiger partial charge in [-0.3, -0.25) is 25.0 Å². The van der Waals surface area contributed by atoms with Gasteiger partial charge in [-0.15, -0.1) is 22.7 Å². The van der Waals surface area contributed by atoms with Crippen molar-refractivity contribution in [1.82, 2.24) is 9.88 Å². The summed E-state index contributed by atoms with van der Waals surface area (Å²) in [6.45, 7) is 0.696. The van der Waals surface area contributed by atoms with Crippen LogP contribution in [-0.2, 0) is 17.7 Å². The van der Waals surface area contributed by atoms with E-state index in [9.17, 15) is 29.8 Å². The monoisotopic (exact) mass is 539 g/mol. The average Bonchev–Trinajstić information content (AvgIpc) is 3.47. The number of non-ortho nitro benzene ring substituents is 2. The highest BCUT2D eigenvalue weighted by Crippen LogP contribution is 2.46. The number of anilines is 1. The Labute approximate surface area is 216 Å². The first-order valence-corrected chi connectivity index (χ1v) is 12.5. The van der Waals surface area contributed by atoms with E-state index in [1.807, 2.05) is 24.3 Å². The van der Waals surface area contributed by atoms with Gasteiger partial charge in [-0.2, -0.15) is 0 Å². The summed E-state index contributed by atoms with van der Waals surface area (Å²) in [5.41, 5.74) is 1.08. The first kappa shape index (κ1) is 24.3. The summed E-state index contributed by atoms with van der Waals surface area (Å²) in [5.74, 6) is -0.738. The second-order valence-electron chi connectivity index (χ2n) is 8.04. The largest absolute Gasteiger partial charge is 0.453 e. The molecule has 0 aliphatic carbocycles. The fourth-order valence-corrected chi connectivity index (χ4v) is 6.46. The van der Waals surface area contributed by atoms with Crippen molar-refractivity contribution in [3.05, 3.63) is 78.7 Å². The topological polar surface area (TPSA) is 158 Å². The molecule has 0 unspecified atom stereocenters. The maximum Gasteiger partial charge on any atom is 0.409 e. The predicted molar refractivity (Wildman–Crippen MR) is 137 cm³/mol. The number of carbonyl (C=O) groups excluding carboxylic acids is 2. The number of hydrogen-bond acceptors (Lipinski definition) is 10. The van der Waals surface area contributed by atoms with Crippen molar-refractivity contribution >= 4 is 61.3 Å². The average molecular weight is 540 g/mol. The van der Waals surface area contributed by atoms with Crippen molar-refractivity contribution in [3.63, 3.8) is 0 Å². The number of nitrogens with zero attached hydrogens (tertiary/aromatic N) is 4. The zero-order valence-electron chi connectivity index (χ0n) is 19.1. The van der Waals surface area contributed by atoms with Crippen molar-refractivity contribution in [1.29, 1.82) is 0 Å². The number of aromatic nitrogens is 1. The normalized spacial score (nSPS) is 12.7. The molecule has 188 valence electrons. The summed E-state index contributed by atoms with van der Waals surface area (Å²) in [6.07, 6.45) is 0.0414. The summed E-state index contributed by atoms with van der Waals surface area (Å²) in [4.78, 5) is 53.4. The number of thiazole rings is 1. The van der Waals surface area contributed by atoms with Gasteiger partial charge in [-0.05, 0) is 24.1 Å². The molecule has 0 atom stereocenters. The van der Waals surface area contributed by atoms with Crippen LogP contribution in [0, 0.1) is 20.2 Å². The van der Waals surface area contributed by atoms with Crippen LogP contribution in [-0.4, -0.2) is 45.4 Å². The molecule has 0 fully saturated rings. The fourth-order valence-electron chi connectivity index (χ4n) is 4.09. The van der Waals surface area contributed by atoms with E-state index in [0.29, 0.717) is 28.5 Å². The molecule has 3 heterocycles. The molecule has 4 aromatic rings. The summed E-state index contributed by atoms with van der Waals surface area (Å²) in [7, 11) is 1.31. The van der Waals surface area contributed by atoms with Crippen LogP contribution in [0.5, 0.6) is 0 Å². The number of ether oxygens (including phenoxy) is 1. The number of benzene rings is 2. The molecule has 0 spiro atoms. The second-order valence-corrected chi connectivity index (χ2v) is 10.2. The van der Waals surface area contributed by atoms with E-state index in [1.54, 1.807) is 4.90 Å². The van der Waals surface area contributed by atoms with Crippen molar-refractivity contribution < 1.29 is 24.2 Å². The van der Waals surface area contributed by atoms with Crippen LogP contribution in [0.25, 0.3) is 20.8 Å². The van der Waals surface area contributed by atoms with Crippen molar-refractivity contribution in [3.8, 4) is 10.6 Å². The van der Waals surface area contributed by atoms with E-state index in [4.69, 9.17) is 9.72 Å². The highest BCUT2D eigenvalue weighted by molar-refractivity contribution is 7.23. The number of thiophene rings is 1. The Hall–Kier alpha value is -4.43. The van der Waals surface area contributed by atoms with Crippen LogP contribution in [0.3, 0.4) is 0 Å². The van der Waals surface area contributed by atoms with Crippen LogP contribution in [0.1, 0.15) is 20.8 Å². The SMILES string of the molecule is COC(=O)N1CCc2c(sc(NC(=O)c3cc([N+](=O)[O-])cc([N+](=O)[O-])c3)c2-c2nc3ccccc3s2)C1. The van der Waals surface area contributed by atoms with Crippen LogP contribution in [0.15, 0.2) is 42.5 Å². The van der Waals surface area contributed by atoms with Crippen molar-refractivity contribution in [2.45, 2.75) is 13.0 Å². The maximum atomic E-state index is 13.2. The molecule has 37 heavy (non-hydrogen) atoms. The Morgan fingerprint density at radius 3 is 2.43 bits per heavy atom. The number of para-hydroxylation sites is 1. The quantitative estimate of drug-likeness (QED) is 0.267. The van der Waals surface area contributed by atoms with E-state index in [2.05, 4.69) is 5.32 Å². The molecule has 2 aromatic carbocycles. The molecule has 1 N–H and O–H groups in total. The lowest BCUT2D eigenvalue weighted by Gasteiger charge is -2.25. The van der Waals surface area contributed by atoms with E-state index >= 15 is 0 Å². The van der Waals surface area contributed by atoms with E-state index < -0.39 is 33.2 Å². The molecule has 0 bridgehead atoms. The minimum absolute atomic E-state index is 0.223. The van der Waals surface area contributed by atoms with Gasteiger partial charge in [-0.1, -0.05) is 12.1 Å². The number of nitro groups is 2. The van der Waals surface area contributed by atoms with Gasteiger partial charge in [0.15, 0.2) is 0 Å². The van der Waals surface area contributed by atoms with Gasteiger partial charge >= 0.3 is 6.09 Å². The molecule has 2 aromatic heterocycles. The molecular formula is C23H17N5O7S2. The Kier molecular flexibility index (Phi) is 6.27. The molecule has 5 rings (SSSR count). The molecule has 12 nitrogen and oxygen atoms in total. The van der Waals surface area contributed by atoms with Gasteiger partial charge in [0, 0.05) is 29.1 Å². The molecule has 0 radical (unpaired) electrons. The van der Waals surface area contributed by atoms with Crippen LogP contribution < -0.4 is 5.32 Å². The maximum absolute atomic E-state index is 13.2. The lowest BCUT2D eigenvalue weighted by molar-refractivity contribution is -0.394. The molecule has 14 heteroatoms.